The van der Waals surface area contributed by atoms with Crippen LogP contribution in [0.1, 0.15) is 55.7 Å². The van der Waals surface area contributed by atoms with Gasteiger partial charge in [-0.05, 0) is 73.0 Å². The summed E-state index contributed by atoms with van der Waals surface area (Å²) in [5, 5.41) is 4.43. The number of carbonyl (C=O) groups excluding carboxylic acids is 3. The summed E-state index contributed by atoms with van der Waals surface area (Å²) in [6.07, 6.45) is 1.62. The van der Waals surface area contributed by atoms with Crippen molar-refractivity contribution in [1.82, 2.24) is 14.7 Å². The molecule has 2 heterocycles. The van der Waals surface area contributed by atoms with Gasteiger partial charge >= 0.3 is 12.1 Å². The molecule has 41 heavy (non-hydrogen) atoms. The van der Waals surface area contributed by atoms with Crippen LogP contribution >= 0.6 is 11.8 Å². The zero-order valence-corrected chi connectivity index (χ0v) is 23.3. The number of aromatic nitrogens is 2. The van der Waals surface area contributed by atoms with Crippen LogP contribution in [0.4, 0.5) is 18.0 Å². The highest BCUT2D eigenvalue weighted by molar-refractivity contribution is 8.18. The number of rotatable bonds is 7. The Morgan fingerprint density at radius 3 is 2.56 bits per heavy atom. The number of thioether (sulfide) groups is 1. The first-order valence-corrected chi connectivity index (χ1v) is 14.0. The van der Waals surface area contributed by atoms with Crippen LogP contribution < -0.4 is 4.74 Å². The van der Waals surface area contributed by atoms with Crippen molar-refractivity contribution < 1.29 is 37.0 Å². The Morgan fingerprint density at radius 2 is 1.88 bits per heavy atom. The number of benzene rings is 2. The van der Waals surface area contributed by atoms with Crippen LogP contribution in [0.3, 0.4) is 0 Å². The van der Waals surface area contributed by atoms with Crippen LogP contribution in [0.15, 0.2) is 47.5 Å². The van der Waals surface area contributed by atoms with Crippen molar-refractivity contribution in [2.75, 3.05) is 13.7 Å². The second kappa shape index (κ2) is 11.2. The molecule has 2 aliphatic rings. The Hall–Kier alpha value is -3.80. The van der Waals surface area contributed by atoms with E-state index in [0.717, 1.165) is 29.1 Å². The molecule has 0 spiro atoms. The highest BCUT2D eigenvalue weighted by Gasteiger charge is 2.55. The van der Waals surface area contributed by atoms with Crippen molar-refractivity contribution in [3.05, 3.63) is 64.2 Å². The van der Waals surface area contributed by atoms with Gasteiger partial charge in [-0.1, -0.05) is 31.4 Å². The average Bonchev–Trinajstić information content (AvgIpc) is 3.47. The zero-order valence-electron chi connectivity index (χ0n) is 22.5. The summed E-state index contributed by atoms with van der Waals surface area (Å²) in [6.45, 7) is 1.72. The molecule has 216 valence electrons. The molecule has 0 N–H and O–H groups in total. The summed E-state index contributed by atoms with van der Waals surface area (Å²) in [6, 6.07) is 8.96. The molecule has 2 fully saturated rings. The number of alkyl halides is 3. The number of hydrogen-bond acceptors (Lipinski definition) is 7. The molecule has 5 rings (SSSR count). The third-order valence-electron chi connectivity index (χ3n) is 7.46. The van der Waals surface area contributed by atoms with Gasteiger partial charge in [0.1, 0.15) is 11.3 Å². The Balaban J connectivity index is 1.42. The summed E-state index contributed by atoms with van der Waals surface area (Å²) in [5.41, 5.74) is -0.850. The SMILES string of the molecule is CCOC(=O)C1(N2C(=O)S/C(=C\c3ccc4c(cnn4Cc4ccc(OC)cc4C(F)(F)F)c3)C2=O)CCCCC1. The minimum Gasteiger partial charge on any atom is -0.497 e. The van der Waals surface area contributed by atoms with Crippen molar-refractivity contribution in [2.24, 2.45) is 0 Å². The van der Waals surface area contributed by atoms with Gasteiger partial charge in [0.25, 0.3) is 11.1 Å². The topological polar surface area (TPSA) is 90.7 Å². The predicted octanol–water partition coefficient (Wildman–Crippen LogP) is 6.41. The molecule has 2 aromatic carbocycles. The molecular weight excluding hydrogens is 559 g/mol. The number of amides is 2. The van der Waals surface area contributed by atoms with Crippen molar-refractivity contribution in [3.8, 4) is 5.75 Å². The maximum atomic E-state index is 13.7. The van der Waals surface area contributed by atoms with Crippen molar-refractivity contribution in [1.29, 1.82) is 0 Å². The van der Waals surface area contributed by atoms with Gasteiger partial charge in [-0.25, -0.2) is 4.79 Å². The highest BCUT2D eigenvalue weighted by atomic mass is 32.2. The molecule has 1 saturated heterocycles. The zero-order chi connectivity index (χ0) is 29.4. The van der Waals surface area contributed by atoms with Crippen molar-refractivity contribution in [2.45, 2.75) is 57.3 Å². The normalized spacial score (nSPS) is 18.4. The number of halogens is 3. The van der Waals surface area contributed by atoms with E-state index < -0.39 is 34.4 Å². The third kappa shape index (κ3) is 5.44. The molecule has 1 aliphatic heterocycles. The summed E-state index contributed by atoms with van der Waals surface area (Å²) in [5.74, 6) is -0.982. The Morgan fingerprint density at radius 1 is 1.12 bits per heavy atom. The standard InChI is InChI=1S/C29H28F3N3O5S/c1-3-40-26(37)28(11-5-4-6-12-28)35-25(36)24(41-27(35)38)14-18-7-10-23-20(13-18)16-33-34(23)17-19-8-9-21(39-2)15-22(19)29(30,31)32/h7-10,13-16H,3-6,11-12,17H2,1-2H3/b24-14-. The molecule has 0 unspecified atom stereocenters. The number of methoxy groups -OCH3 is 1. The molecule has 0 atom stereocenters. The quantitative estimate of drug-likeness (QED) is 0.233. The van der Waals surface area contributed by atoms with E-state index in [1.807, 2.05) is 0 Å². The molecule has 0 radical (unpaired) electrons. The molecule has 2 amide bonds. The maximum absolute atomic E-state index is 13.7. The minimum absolute atomic E-state index is 0.0410. The molecule has 1 saturated carbocycles. The number of hydrogen-bond donors (Lipinski definition) is 0. The van der Waals surface area contributed by atoms with E-state index >= 15 is 0 Å². The van der Waals surface area contributed by atoms with Crippen LogP contribution in [0, 0.1) is 0 Å². The van der Waals surface area contributed by atoms with E-state index in [2.05, 4.69) is 5.10 Å². The number of esters is 1. The van der Waals surface area contributed by atoms with Gasteiger partial charge in [0.15, 0.2) is 0 Å². The first-order chi connectivity index (χ1) is 19.6. The molecule has 3 aromatic rings. The first kappa shape index (κ1) is 28.7. The van der Waals surface area contributed by atoms with Gasteiger partial charge in [-0.15, -0.1) is 0 Å². The second-order valence-electron chi connectivity index (χ2n) is 9.97. The van der Waals surface area contributed by atoms with Gasteiger partial charge in [0.2, 0.25) is 0 Å². The highest BCUT2D eigenvalue weighted by Crippen LogP contribution is 2.44. The fourth-order valence-electron chi connectivity index (χ4n) is 5.48. The largest absolute Gasteiger partial charge is 0.497 e. The summed E-state index contributed by atoms with van der Waals surface area (Å²) in [7, 11) is 1.31. The van der Waals surface area contributed by atoms with Crippen LogP contribution in [0.25, 0.3) is 17.0 Å². The fraction of sp³-hybridized carbons (Fsp3) is 0.379. The van der Waals surface area contributed by atoms with Gasteiger partial charge in [0, 0.05) is 5.39 Å². The second-order valence-corrected chi connectivity index (χ2v) is 11.0. The average molecular weight is 588 g/mol. The first-order valence-electron chi connectivity index (χ1n) is 13.2. The smallest absolute Gasteiger partial charge is 0.416 e. The van der Waals surface area contributed by atoms with E-state index in [1.54, 1.807) is 31.2 Å². The molecule has 1 aromatic heterocycles. The van der Waals surface area contributed by atoms with E-state index in [-0.39, 0.29) is 29.4 Å². The van der Waals surface area contributed by atoms with Crippen LogP contribution in [-0.4, -0.2) is 51.1 Å². The molecule has 12 heteroatoms. The van der Waals surface area contributed by atoms with E-state index in [4.69, 9.17) is 9.47 Å². The van der Waals surface area contributed by atoms with Gasteiger partial charge in [-0.2, -0.15) is 18.3 Å². The summed E-state index contributed by atoms with van der Waals surface area (Å²) in [4.78, 5) is 40.7. The lowest BCUT2D eigenvalue weighted by molar-refractivity contribution is -0.161. The maximum Gasteiger partial charge on any atom is 0.416 e. The monoisotopic (exact) mass is 587 g/mol. The molecule has 1 aliphatic carbocycles. The molecular formula is C29H28F3N3O5S. The van der Waals surface area contributed by atoms with E-state index in [0.29, 0.717) is 42.1 Å². The molecule has 8 nitrogen and oxygen atoms in total. The van der Waals surface area contributed by atoms with Gasteiger partial charge in [-0.3, -0.25) is 19.2 Å². The summed E-state index contributed by atoms with van der Waals surface area (Å²) >= 11 is 0.777. The summed E-state index contributed by atoms with van der Waals surface area (Å²) < 4.78 is 52.8. The number of nitrogens with zero attached hydrogens (tertiary/aromatic N) is 3. The number of ether oxygens (including phenoxy) is 2. The predicted molar refractivity (Wildman–Crippen MR) is 147 cm³/mol. The van der Waals surface area contributed by atoms with E-state index in [1.165, 1.54) is 30.1 Å². The lowest BCUT2D eigenvalue weighted by Gasteiger charge is -2.40. The van der Waals surface area contributed by atoms with E-state index in [9.17, 15) is 27.6 Å². The number of fused-ring (bicyclic) bond motifs is 1. The van der Waals surface area contributed by atoms with Gasteiger partial charge in [0.05, 0.1) is 42.4 Å². The fourth-order valence-corrected chi connectivity index (χ4v) is 6.39. The van der Waals surface area contributed by atoms with Crippen molar-refractivity contribution >= 4 is 45.9 Å². The van der Waals surface area contributed by atoms with Crippen LogP contribution in [-0.2, 0) is 27.0 Å². The number of carbonyl (C=O) groups is 3. The van der Waals surface area contributed by atoms with Crippen LogP contribution in [0.2, 0.25) is 0 Å². The minimum atomic E-state index is -4.56. The Labute approximate surface area is 238 Å². The van der Waals surface area contributed by atoms with Gasteiger partial charge < -0.3 is 9.47 Å². The third-order valence-corrected chi connectivity index (χ3v) is 8.33. The lowest BCUT2D eigenvalue weighted by Crippen LogP contribution is -2.58. The number of imide groups is 1. The van der Waals surface area contributed by atoms with Crippen LogP contribution in [0.5, 0.6) is 5.75 Å². The lowest BCUT2D eigenvalue weighted by atomic mass is 9.80. The Bertz CT molecular complexity index is 1540. The Kier molecular flexibility index (Phi) is 7.87. The van der Waals surface area contributed by atoms with Crippen molar-refractivity contribution in [3.63, 3.8) is 0 Å². The molecule has 0 bridgehead atoms.